The van der Waals surface area contributed by atoms with E-state index in [1.54, 1.807) is 11.6 Å². The largest absolute Gasteiger partial charge is 0.372 e. The lowest BCUT2D eigenvalue weighted by atomic mass is 9.92. The van der Waals surface area contributed by atoms with E-state index in [4.69, 9.17) is 0 Å². The molecule has 8 heteroatoms. The molecule has 0 bridgehead atoms. The molecule has 1 saturated heterocycles. The van der Waals surface area contributed by atoms with Gasteiger partial charge in [-0.2, -0.15) is 9.38 Å². The van der Waals surface area contributed by atoms with Crippen molar-refractivity contribution in [3.8, 4) is 0 Å². The van der Waals surface area contributed by atoms with Gasteiger partial charge in [0.25, 0.3) is 4.96 Å². The van der Waals surface area contributed by atoms with E-state index in [0.717, 1.165) is 19.6 Å². The van der Waals surface area contributed by atoms with Crippen LogP contribution in [0.25, 0.3) is 4.96 Å². The first-order valence-corrected chi connectivity index (χ1v) is 8.90. The third-order valence-electron chi connectivity index (χ3n) is 4.27. The van der Waals surface area contributed by atoms with E-state index in [0.29, 0.717) is 22.6 Å². The van der Waals surface area contributed by atoms with Crippen molar-refractivity contribution in [1.29, 1.82) is 0 Å². The van der Waals surface area contributed by atoms with Gasteiger partial charge in [0.1, 0.15) is 6.20 Å². The Kier molecular flexibility index (Phi) is 4.54. The minimum absolute atomic E-state index is 0.0217. The lowest BCUT2D eigenvalue weighted by Gasteiger charge is -2.36. The molecule has 1 fully saturated rings. The zero-order valence-electron chi connectivity index (χ0n) is 13.7. The molecular weight excluding hydrogens is 314 g/mol. The van der Waals surface area contributed by atoms with Crippen LogP contribution in [0.2, 0.25) is 0 Å². The lowest BCUT2D eigenvalue weighted by Crippen LogP contribution is -2.43. The molecule has 3 atom stereocenters. The topological polar surface area (TPSA) is 75.7 Å². The number of thiazole rings is 1. The molecular formula is C15H23N5O2S. The SMILES string of the molecule is C[C@@H]1C[C@@H](C)CN(C[C@H](C)Nc2nc3sccn3c2[N+](=O)[O-])C1. The van der Waals surface area contributed by atoms with Crippen LogP contribution < -0.4 is 5.32 Å². The fourth-order valence-corrected chi connectivity index (χ4v) is 4.36. The highest BCUT2D eigenvalue weighted by Crippen LogP contribution is 2.29. The number of nitrogens with zero attached hydrogens (tertiary/aromatic N) is 4. The van der Waals surface area contributed by atoms with Crippen molar-refractivity contribution in [2.24, 2.45) is 11.8 Å². The van der Waals surface area contributed by atoms with Crippen molar-refractivity contribution in [3.63, 3.8) is 0 Å². The van der Waals surface area contributed by atoms with Crippen LogP contribution in [-0.2, 0) is 0 Å². The van der Waals surface area contributed by atoms with Crippen LogP contribution in [0.1, 0.15) is 27.2 Å². The van der Waals surface area contributed by atoms with Crippen LogP contribution in [0.15, 0.2) is 11.6 Å². The summed E-state index contributed by atoms with van der Waals surface area (Å²) >= 11 is 1.40. The molecule has 1 aliphatic rings. The number of likely N-dealkylation sites (tertiary alicyclic amines) is 1. The summed E-state index contributed by atoms with van der Waals surface area (Å²) in [5.41, 5.74) is 0. The number of nitro groups is 1. The average molecular weight is 337 g/mol. The standard InChI is InChI=1S/C15H23N5O2S/c1-10-6-11(2)8-18(7-10)9-12(3)16-13-14(20(21)22)19-4-5-23-15(19)17-13/h4-5,10-12,16H,6-9H2,1-3H3/t10-,11-,12+/m1/s1. The number of nitrogens with one attached hydrogen (secondary N) is 1. The van der Waals surface area contributed by atoms with Crippen LogP contribution in [0.5, 0.6) is 0 Å². The Hall–Kier alpha value is -1.67. The lowest BCUT2D eigenvalue weighted by molar-refractivity contribution is -0.389. The highest BCUT2D eigenvalue weighted by molar-refractivity contribution is 7.15. The van der Waals surface area contributed by atoms with Crippen molar-refractivity contribution in [2.45, 2.75) is 33.2 Å². The van der Waals surface area contributed by atoms with Crippen LogP contribution in [0.3, 0.4) is 0 Å². The molecule has 1 aliphatic heterocycles. The van der Waals surface area contributed by atoms with Gasteiger partial charge in [-0.3, -0.25) is 0 Å². The Morgan fingerprint density at radius 3 is 2.83 bits per heavy atom. The van der Waals surface area contributed by atoms with Crippen molar-refractivity contribution in [3.05, 3.63) is 21.7 Å². The van der Waals surface area contributed by atoms with E-state index in [-0.39, 0.29) is 16.8 Å². The number of imidazole rings is 1. The van der Waals surface area contributed by atoms with Crippen molar-refractivity contribution in [2.75, 3.05) is 25.0 Å². The van der Waals surface area contributed by atoms with Gasteiger partial charge in [0.05, 0.1) is 0 Å². The van der Waals surface area contributed by atoms with E-state index in [2.05, 4.69) is 36.0 Å². The summed E-state index contributed by atoms with van der Waals surface area (Å²) in [5, 5.41) is 16.4. The number of anilines is 1. The van der Waals surface area contributed by atoms with Gasteiger partial charge in [0, 0.05) is 31.1 Å². The first-order valence-electron chi connectivity index (χ1n) is 8.03. The minimum Gasteiger partial charge on any atom is -0.359 e. The molecule has 0 radical (unpaired) electrons. The Balaban J connectivity index is 1.70. The number of aromatic nitrogens is 2. The van der Waals surface area contributed by atoms with E-state index < -0.39 is 0 Å². The van der Waals surface area contributed by atoms with Crippen LogP contribution in [0, 0.1) is 22.0 Å². The highest BCUT2D eigenvalue weighted by Gasteiger charge is 2.27. The van der Waals surface area contributed by atoms with E-state index in [1.165, 1.54) is 22.2 Å². The zero-order valence-corrected chi connectivity index (χ0v) is 14.5. The molecule has 0 spiro atoms. The number of piperidine rings is 1. The molecule has 23 heavy (non-hydrogen) atoms. The second kappa shape index (κ2) is 6.45. The molecule has 3 heterocycles. The molecule has 2 aromatic heterocycles. The summed E-state index contributed by atoms with van der Waals surface area (Å²) in [6.07, 6.45) is 2.97. The summed E-state index contributed by atoms with van der Waals surface area (Å²) < 4.78 is 1.53. The van der Waals surface area contributed by atoms with Crippen LogP contribution in [-0.4, -0.2) is 44.9 Å². The highest BCUT2D eigenvalue weighted by atomic mass is 32.1. The summed E-state index contributed by atoms with van der Waals surface area (Å²) in [4.78, 5) is 18.4. The summed E-state index contributed by atoms with van der Waals surface area (Å²) in [7, 11) is 0. The van der Waals surface area contributed by atoms with Crippen molar-refractivity contribution >= 4 is 27.9 Å². The molecule has 0 unspecified atom stereocenters. The number of hydrogen-bond acceptors (Lipinski definition) is 6. The van der Waals surface area contributed by atoms with Gasteiger partial charge < -0.3 is 20.3 Å². The number of hydrogen-bond donors (Lipinski definition) is 1. The minimum atomic E-state index is -0.368. The molecule has 0 saturated carbocycles. The second-order valence-corrected chi connectivity index (χ2v) is 7.68. The quantitative estimate of drug-likeness (QED) is 0.670. The zero-order chi connectivity index (χ0) is 16.6. The maximum absolute atomic E-state index is 11.4. The Labute approximate surface area is 139 Å². The Morgan fingerprint density at radius 2 is 2.17 bits per heavy atom. The number of rotatable bonds is 5. The van der Waals surface area contributed by atoms with Crippen molar-refractivity contribution < 1.29 is 4.92 Å². The molecule has 2 aromatic rings. The van der Waals surface area contributed by atoms with E-state index in [1.807, 2.05) is 0 Å². The monoisotopic (exact) mass is 337 g/mol. The molecule has 0 aromatic carbocycles. The average Bonchev–Trinajstić information content (AvgIpc) is 2.96. The van der Waals surface area contributed by atoms with Crippen LogP contribution in [0.4, 0.5) is 11.6 Å². The van der Waals surface area contributed by atoms with Gasteiger partial charge in [0.15, 0.2) is 0 Å². The van der Waals surface area contributed by atoms with Gasteiger partial charge in [-0.05, 0) is 30.1 Å². The molecule has 0 amide bonds. The Bertz CT molecular complexity index is 687. The van der Waals surface area contributed by atoms with Gasteiger partial charge in [-0.15, -0.1) is 0 Å². The van der Waals surface area contributed by atoms with Gasteiger partial charge in [-0.1, -0.05) is 25.2 Å². The molecule has 3 rings (SSSR count). The second-order valence-electron chi connectivity index (χ2n) is 6.81. The van der Waals surface area contributed by atoms with Crippen LogP contribution >= 0.6 is 11.3 Å². The summed E-state index contributed by atoms with van der Waals surface area (Å²) in [6.45, 7) is 9.69. The Morgan fingerprint density at radius 1 is 1.48 bits per heavy atom. The molecule has 0 aliphatic carbocycles. The third kappa shape index (κ3) is 3.48. The van der Waals surface area contributed by atoms with Gasteiger partial charge in [-0.25, -0.2) is 0 Å². The summed E-state index contributed by atoms with van der Waals surface area (Å²) in [5.74, 6) is 1.80. The third-order valence-corrected chi connectivity index (χ3v) is 5.03. The fourth-order valence-electron chi connectivity index (χ4n) is 3.65. The first-order chi connectivity index (χ1) is 10.9. The van der Waals surface area contributed by atoms with Gasteiger partial charge in [0.2, 0.25) is 5.82 Å². The maximum atomic E-state index is 11.4. The van der Waals surface area contributed by atoms with Gasteiger partial charge >= 0.3 is 5.82 Å². The molecule has 1 N–H and O–H groups in total. The first kappa shape index (κ1) is 16.2. The predicted octanol–water partition coefficient (Wildman–Crippen LogP) is 3.08. The van der Waals surface area contributed by atoms with E-state index >= 15 is 0 Å². The maximum Gasteiger partial charge on any atom is 0.372 e. The van der Waals surface area contributed by atoms with Crippen molar-refractivity contribution in [1.82, 2.24) is 14.3 Å². The van der Waals surface area contributed by atoms with E-state index in [9.17, 15) is 10.1 Å². The number of fused-ring (bicyclic) bond motifs is 1. The predicted molar refractivity (Wildman–Crippen MR) is 92.2 cm³/mol. The normalized spacial score (nSPS) is 24.0. The molecule has 7 nitrogen and oxygen atoms in total. The fraction of sp³-hybridized carbons (Fsp3) is 0.667. The summed E-state index contributed by atoms with van der Waals surface area (Å²) in [6, 6.07) is 0.107. The smallest absolute Gasteiger partial charge is 0.359 e. The molecule has 126 valence electrons.